The Hall–Kier alpha value is -1.68. The Morgan fingerprint density at radius 2 is 1.82 bits per heavy atom. The molecule has 9 heteroatoms. The molecule has 1 aliphatic heterocycles. The number of amides is 1. The van der Waals surface area contributed by atoms with Gasteiger partial charge in [0.1, 0.15) is 17.4 Å². The molecule has 1 aromatic rings. The molecule has 3 rings (SSSR count). The Kier molecular flexibility index (Phi) is 10.9. The minimum absolute atomic E-state index is 0.252. The predicted octanol–water partition coefficient (Wildman–Crippen LogP) is 5.69. The fourth-order valence-corrected chi connectivity index (χ4v) is 7.46. The molecule has 1 aliphatic carbocycles. The zero-order valence-electron chi connectivity index (χ0n) is 24.8. The highest BCUT2D eigenvalue weighted by Crippen LogP contribution is 2.40. The SMILES string of the molecule is CCCCN(Cc1ccccc1)S(=O)(=O)CC(O)[C@H]1OC(C)(C)N(C(=O)OC(C)(C)C)[C@H]1CC1CCCCC1. The van der Waals surface area contributed by atoms with Gasteiger partial charge in [0.05, 0.1) is 17.9 Å². The van der Waals surface area contributed by atoms with Crippen LogP contribution in [-0.2, 0) is 26.0 Å². The summed E-state index contributed by atoms with van der Waals surface area (Å²) in [6, 6.07) is 9.02. The highest BCUT2D eigenvalue weighted by Gasteiger charge is 2.54. The quantitative estimate of drug-likeness (QED) is 0.370. The lowest BCUT2D eigenvalue weighted by atomic mass is 9.83. The van der Waals surface area contributed by atoms with Gasteiger partial charge in [-0.05, 0) is 58.9 Å². The lowest BCUT2D eigenvalue weighted by Crippen LogP contribution is -2.52. The minimum Gasteiger partial charge on any atom is -0.444 e. The average Bonchev–Trinajstić information content (AvgIpc) is 3.11. The third kappa shape index (κ3) is 8.90. The van der Waals surface area contributed by atoms with Crippen molar-refractivity contribution in [3.05, 3.63) is 35.9 Å². The second kappa shape index (κ2) is 13.3. The predicted molar refractivity (Wildman–Crippen MR) is 154 cm³/mol. The first-order valence-electron chi connectivity index (χ1n) is 14.6. The number of carbonyl (C=O) groups excluding carboxylic acids is 1. The summed E-state index contributed by atoms with van der Waals surface area (Å²) in [5, 5.41) is 11.5. The summed E-state index contributed by atoms with van der Waals surface area (Å²) in [6.45, 7) is 11.7. The molecular weight excluding hydrogens is 516 g/mol. The Bertz CT molecular complexity index is 1020. The van der Waals surface area contributed by atoms with Gasteiger partial charge in [-0.2, -0.15) is 4.31 Å². The molecular formula is C30H50N2O6S. The van der Waals surface area contributed by atoms with E-state index < -0.39 is 51.4 Å². The van der Waals surface area contributed by atoms with E-state index >= 15 is 0 Å². The second-order valence-corrected chi connectivity index (χ2v) is 14.7. The van der Waals surface area contributed by atoms with Crippen LogP contribution in [0, 0.1) is 5.92 Å². The number of aliphatic hydroxyl groups is 1. The number of unbranched alkanes of at least 4 members (excludes halogenated alkanes) is 1. The Morgan fingerprint density at radius 1 is 1.18 bits per heavy atom. The summed E-state index contributed by atoms with van der Waals surface area (Å²) in [5.41, 5.74) is -0.848. The summed E-state index contributed by atoms with van der Waals surface area (Å²) in [6.07, 6.45) is 5.20. The maximum Gasteiger partial charge on any atom is 0.412 e. The molecule has 3 atom stereocenters. The molecule has 1 amide bonds. The van der Waals surface area contributed by atoms with Gasteiger partial charge in [0.2, 0.25) is 10.0 Å². The standard InChI is InChI=1S/C30H50N2O6S/c1-7-8-19-31(21-24-17-13-10-14-18-24)39(35,36)22-26(33)27-25(20-23-15-11-9-12-16-23)32(30(5,6)37-27)28(34)38-29(2,3)4/h10,13-14,17-18,23,25-27,33H,7-9,11-12,15-16,19-22H2,1-6H3/t25-,26?,27-/m0/s1. The second-order valence-electron chi connectivity index (χ2n) is 12.7. The molecule has 0 aromatic heterocycles. The largest absolute Gasteiger partial charge is 0.444 e. The summed E-state index contributed by atoms with van der Waals surface area (Å²) in [7, 11) is -3.82. The summed E-state index contributed by atoms with van der Waals surface area (Å²) < 4.78 is 40.9. The molecule has 1 unspecified atom stereocenters. The maximum absolute atomic E-state index is 13.7. The number of hydrogen-bond donors (Lipinski definition) is 1. The molecule has 1 N–H and O–H groups in total. The molecule has 0 bridgehead atoms. The van der Waals surface area contributed by atoms with Gasteiger partial charge in [0, 0.05) is 13.1 Å². The average molecular weight is 567 g/mol. The smallest absolute Gasteiger partial charge is 0.412 e. The van der Waals surface area contributed by atoms with Crippen LogP contribution < -0.4 is 0 Å². The van der Waals surface area contributed by atoms with E-state index in [1.54, 1.807) is 18.7 Å². The minimum atomic E-state index is -3.82. The lowest BCUT2D eigenvalue weighted by molar-refractivity contribution is -0.0995. The van der Waals surface area contributed by atoms with Crippen molar-refractivity contribution in [3.63, 3.8) is 0 Å². The third-order valence-electron chi connectivity index (χ3n) is 7.72. The lowest BCUT2D eigenvalue weighted by Gasteiger charge is -2.37. The van der Waals surface area contributed by atoms with Crippen molar-refractivity contribution in [1.82, 2.24) is 9.21 Å². The number of rotatable bonds is 11. The topological polar surface area (TPSA) is 96.4 Å². The zero-order valence-corrected chi connectivity index (χ0v) is 25.6. The van der Waals surface area contributed by atoms with Crippen LogP contribution in [0.1, 0.15) is 98.5 Å². The van der Waals surface area contributed by atoms with Gasteiger partial charge in [-0.15, -0.1) is 0 Å². The molecule has 2 aliphatic rings. The number of carbonyl (C=O) groups is 1. The fourth-order valence-electron chi connectivity index (χ4n) is 5.87. The summed E-state index contributed by atoms with van der Waals surface area (Å²) >= 11 is 0. The molecule has 39 heavy (non-hydrogen) atoms. The van der Waals surface area contributed by atoms with Crippen molar-refractivity contribution in [1.29, 1.82) is 0 Å². The molecule has 0 radical (unpaired) electrons. The maximum atomic E-state index is 13.7. The van der Waals surface area contributed by atoms with E-state index in [9.17, 15) is 18.3 Å². The molecule has 2 fully saturated rings. The first kappa shape index (κ1) is 31.8. The molecule has 8 nitrogen and oxygen atoms in total. The Balaban J connectivity index is 1.86. The van der Waals surface area contributed by atoms with Crippen LogP contribution in [0.3, 0.4) is 0 Å². The van der Waals surface area contributed by atoms with Crippen molar-refractivity contribution in [2.24, 2.45) is 5.92 Å². The highest BCUT2D eigenvalue weighted by atomic mass is 32.2. The van der Waals surface area contributed by atoms with Crippen molar-refractivity contribution >= 4 is 16.1 Å². The normalized spacial score (nSPS) is 23.2. The van der Waals surface area contributed by atoms with Crippen LogP contribution in [0.2, 0.25) is 0 Å². The van der Waals surface area contributed by atoms with E-state index in [0.29, 0.717) is 18.9 Å². The van der Waals surface area contributed by atoms with E-state index in [0.717, 1.165) is 44.1 Å². The van der Waals surface area contributed by atoms with Crippen LogP contribution in [0.15, 0.2) is 30.3 Å². The summed E-state index contributed by atoms with van der Waals surface area (Å²) in [4.78, 5) is 15.0. The van der Waals surface area contributed by atoms with Crippen LogP contribution >= 0.6 is 0 Å². The summed E-state index contributed by atoms with van der Waals surface area (Å²) in [5.74, 6) is -0.0789. The number of aliphatic hydroxyl groups excluding tert-OH is 1. The Morgan fingerprint density at radius 3 is 2.41 bits per heavy atom. The van der Waals surface area contributed by atoms with Crippen molar-refractivity contribution in [3.8, 4) is 0 Å². The van der Waals surface area contributed by atoms with Crippen molar-refractivity contribution in [2.75, 3.05) is 12.3 Å². The first-order chi connectivity index (χ1) is 18.2. The van der Waals surface area contributed by atoms with E-state index in [4.69, 9.17) is 9.47 Å². The Labute approximate surface area is 236 Å². The van der Waals surface area contributed by atoms with Gasteiger partial charge in [0.25, 0.3) is 0 Å². The van der Waals surface area contributed by atoms with Gasteiger partial charge in [0.15, 0.2) is 0 Å². The van der Waals surface area contributed by atoms with Crippen LogP contribution in [0.4, 0.5) is 4.79 Å². The van der Waals surface area contributed by atoms with Gasteiger partial charge < -0.3 is 14.6 Å². The number of sulfonamides is 1. The highest BCUT2D eigenvalue weighted by molar-refractivity contribution is 7.89. The van der Waals surface area contributed by atoms with E-state index in [1.165, 1.54) is 10.7 Å². The van der Waals surface area contributed by atoms with E-state index in [-0.39, 0.29) is 6.54 Å². The van der Waals surface area contributed by atoms with Crippen molar-refractivity contribution in [2.45, 2.75) is 129 Å². The van der Waals surface area contributed by atoms with Crippen molar-refractivity contribution < 1.29 is 27.8 Å². The molecule has 1 aromatic carbocycles. The number of benzene rings is 1. The number of hydrogen-bond acceptors (Lipinski definition) is 6. The van der Waals surface area contributed by atoms with Gasteiger partial charge in [-0.3, -0.25) is 4.90 Å². The van der Waals surface area contributed by atoms with E-state index in [1.807, 2.05) is 58.0 Å². The van der Waals surface area contributed by atoms with Gasteiger partial charge in [-0.25, -0.2) is 13.2 Å². The monoisotopic (exact) mass is 566 g/mol. The molecule has 1 saturated heterocycles. The first-order valence-corrected chi connectivity index (χ1v) is 16.2. The van der Waals surface area contributed by atoms with Crippen LogP contribution in [0.5, 0.6) is 0 Å². The fraction of sp³-hybridized carbons (Fsp3) is 0.767. The molecule has 0 spiro atoms. The van der Waals surface area contributed by atoms with Gasteiger partial charge in [-0.1, -0.05) is 75.8 Å². The number of nitrogens with zero attached hydrogens (tertiary/aromatic N) is 2. The molecule has 1 heterocycles. The zero-order chi connectivity index (χ0) is 28.8. The van der Waals surface area contributed by atoms with Crippen LogP contribution in [0.25, 0.3) is 0 Å². The van der Waals surface area contributed by atoms with Crippen LogP contribution in [-0.4, -0.2) is 70.7 Å². The van der Waals surface area contributed by atoms with E-state index in [2.05, 4.69) is 0 Å². The molecule has 222 valence electrons. The number of ether oxygens (including phenoxy) is 2. The van der Waals surface area contributed by atoms with Gasteiger partial charge >= 0.3 is 6.09 Å². The molecule has 1 saturated carbocycles. The third-order valence-corrected chi connectivity index (χ3v) is 9.58.